The number of nitrogens with zero attached hydrogens (tertiary/aromatic N) is 3. The molecule has 0 radical (unpaired) electrons. The number of amides is 1. The van der Waals surface area contributed by atoms with Crippen molar-refractivity contribution in [2.75, 3.05) is 26.7 Å². The van der Waals surface area contributed by atoms with Crippen LogP contribution in [0.4, 0.5) is 13.2 Å². The van der Waals surface area contributed by atoms with E-state index in [9.17, 15) is 22.8 Å². The van der Waals surface area contributed by atoms with Crippen LogP contribution in [0.2, 0.25) is 0 Å². The topological polar surface area (TPSA) is 83.0 Å². The minimum absolute atomic E-state index is 0.0745. The van der Waals surface area contributed by atoms with Crippen LogP contribution >= 0.6 is 0 Å². The van der Waals surface area contributed by atoms with Crippen LogP contribution in [0.5, 0.6) is 0 Å². The second kappa shape index (κ2) is 10.4. The molecule has 198 valence electrons. The number of benzene rings is 2. The maximum absolute atomic E-state index is 13.3. The number of hydrogen-bond donors (Lipinski definition) is 2. The van der Waals surface area contributed by atoms with Crippen LogP contribution < -0.4 is 10.9 Å². The van der Waals surface area contributed by atoms with Crippen LogP contribution in [-0.4, -0.2) is 52.3 Å². The van der Waals surface area contributed by atoms with Crippen molar-refractivity contribution < 1.29 is 18.0 Å². The molecule has 5 rings (SSSR count). The summed E-state index contributed by atoms with van der Waals surface area (Å²) in [6.45, 7) is 2.98. The molecule has 0 atom stereocenters. The third-order valence-electron chi connectivity index (χ3n) is 7.14. The number of pyridine rings is 1. The first-order valence-electron chi connectivity index (χ1n) is 12.5. The van der Waals surface area contributed by atoms with Gasteiger partial charge in [-0.05, 0) is 85.7 Å². The van der Waals surface area contributed by atoms with E-state index in [1.165, 1.54) is 16.7 Å². The highest BCUT2D eigenvalue weighted by Gasteiger charge is 2.36. The van der Waals surface area contributed by atoms with Crippen LogP contribution in [0.1, 0.15) is 34.5 Å². The maximum atomic E-state index is 13.3. The number of rotatable bonds is 6. The largest absolute Gasteiger partial charge is 0.433 e. The van der Waals surface area contributed by atoms with Gasteiger partial charge in [0.15, 0.2) is 0 Å². The lowest BCUT2D eigenvalue weighted by Crippen LogP contribution is -2.36. The maximum Gasteiger partial charge on any atom is 0.433 e. The number of likely N-dealkylation sites (tertiary alicyclic amines) is 1. The number of fused-ring (bicyclic) bond motifs is 1. The average molecular weight is 524 g/mol. The molecular weight excluding hydrogens is 495 g/mol. The van der Waals surface area contributed by atoms with Crippen molar-refractivity contribution in [3.05, 3.63) is 88.1 Å². The minimum atomic E-state index is -4.57. The number of alkyl halides is 3. The van der Waals surface area contributed by atoms with Gasteiger partial charge >= 0.3 is 6.18 Å². The van der Waals surface area contributed by atoms with E-state index in [1.807, 2.05) is 11.2 Å². The molecule has 3 heterocycles. The second-order valence-corrected chi connectivity index (χ2v) is 9.86. The first-order valence-corrected chi connectivity index (χ1v) is 12.5. The van der Waals surface area contributed by atoms with Gasteiger partial charge in [0, 0.05) is 29.3 Å². The molecule has 1 saturated heterocycles. The number of nitrogens with one attached hydrogen (secondary N) is 2. The summed E-state index contributed by atoms with van der Waals surface area (Å²) in [5.41, 5.74) is 0.372. The monoisotopic (exact) mass is 523 g/mol. The van der Waals surface area contributed by atoms with E-state index in [0.717, 1.165) is 37.7 Å². The molecule has 2 N–H and O–H groups in total. The Morgan fingerprint density at radius 1 is 1.13 bits per heavy atom. The van der Waals surface area contributed by atoms with Crippen LogP contribution in [-0.2, 0) is 12.7 Å². The Bertz CT molecular complexity index is 1520. The average Bonchev–Trinajstić information content (AvgIpc) is 3.41. The summed E-state index contributed by atoms with van der Waals surface area (Å²) in [6.07, 6.45) is 0.301. The smallest absolute Gasteiger partial charge is 0.352 e. The Labute approximate surface area is 217 Å². The molecule has 1 fully saturated rings. The first-order chi connectivity index (χ1) is 18.2. The van der Waals surface area contributed by atoms with Crippen molar-refractivity contribution in [2.45, 2.75) is 25.6 Å². The van der Waals surface area contributed by atoms with Gasteiger partial charge < -0.3 is 14.8 Å². The lowest BCUT2D eigenvalue weighted by molar-refractivity contribution is -0.140. The Hall–Kier alpha value is -3.92. The van der Waals surface area contributed by atoms with E-state index < -0.39 is 11.9 Å². The molecule has 10 heteroatoms. The number of carbonyl (C=O) groups excluding carboxylic acids is 1. The zero-order valence-corrected chi connectivity index (χ0v) is 20.9. The molecule has 0 bridgehead atoms. The third-order valence-corrected chi connectivity index (χ3v) is 7.14. The highest BCUT2D eigenvalue weighted by molar-refractivity contribution is 5.94. The molecule has 2 aromatic heterocycles. The third kappa shape index (κ3) is 5.50. The highest BCUT2D eigenvalue weighted by atomic mass is 19.4. The molecule has 2 aromatic carbocycles. The molecule has 7 nitrogen and oxygen atoms in total. The van der Waals surface area contributed by atoms with Gasteiger partial charge in [0.1, 0.15) is 5.69 Å². The lowest BCUT2D eigenvalue weighted by Gasteiger charge is -2.28. The van der Waals surface area contributed by atoms with Gasteiger partial charge in [0.05, 0.1) is 12.7 Å². The zero-order valence-electron chi connectivity index (χ0n) is 20.9. The van der Waals surface area contributed by atoms with Crippen molar-refractivity contribution in [1.29, 1.82) is 0 Å². The fraction of sp³-hybridized carbons (Fsp3) is 0.321. The number of halogens is 3. The summed E-state index contributed by atoms with van der Waals surface area (Å²) in [4.78, 5) is 28.2. The van der Waals surface area contributed by atoms with Gasteiger partial charge in [-0.25, -0.2) is 0 Å². The van der Waals surface area contributed by atoms with Crippen molar-refractivity contribution in [1.82, 2.24) is 25.0 Å². The Kier molecular flexibility index (Phi) is 7.07. The molecule has 38 heavy (non-hydrogen) atoms. The first kappa shape index (κ1) is 25.7. The van der Waals surface area contributed by atoms with Gasteiger partial charge in [-0.2, -0.15) is 18.3 Å². The van der Waals surface area contributed by atoms with Crippen LogP contribution in [0.15, 0.2) is 65.7 Å². The number of H-pyrrole nitrogens is 1. The molecule has 0 unspecified atom stereocenters. The van der Waals surface area contributed by atoms with E-state index >= 15 is 0 Å². The molecule has 0 aliphatic carbocycles. The molecule has 0 spiro atoms. The van der Waals surface area contributed by atoms with Gasteiger partial charge in [-0.3, -0.25) is 14.7 Å². The van der Waals surface area contributed by atoms with E-state index in [2.05, 4.69) is 22.4 Å². The van der Waals surface area contributed by atoms with Gasteiger partial charge in [0.2, 0.25) is 0 Å². The molecule has 1 aliphatic rings. The van der Waals surface area contributed by atoms with Crippen molar-refractivity contribution in [2.24, 2.45) is 5.92 Å². The van der Waals surface area contributed by atoms with Crippen molar-refractivity contribution >= 4 is 16.7 Å². The van der Waals surface area contributed by atoms with Crippen LogP contribution in [0.25, 0.3) is 21.9 Å². The standard InChI is InChI=1S/C28H28F3N5O2/c1-35-10-7-18(8-11-35)15-32-26(37)22-4-2-3-19(13-22)17-36-12-9-21-14-20(5-6-23(21)27(36)38)24-16-33-34-25(24)28(29,30)31/h2-6,9,12-14,16,18H,7-8,10-11,15,17H2,1H3,(H,32,37)(H,33,34). The predicted molar refractivity (Wildman–Crippen MR) is 139 cm³/mol. The summed E-state index contributed by atoms with van der Waals surface area (Å²) in [6, 6.07) is 13.5. The van der Waals surface area contributed by atoms with Gasteiger partial charge in [-0.15, -0.1) is 0 Å². The fourth-order valence-electron chi connectivity index (χ4n) is 4.91. The summed E-state index contributed by atoms with van der Waals surface area (Å²) < 4.78 is 41.3. The Morgan fingerprint density at radius 3 is 2.68 bits per heavy atom. The molecule has 1 amide bonds. The quantitative estimate of drug-likeness (QED) is 0.389. The van der Waals surface area contributed by atoms with E-state index in [1.54, 1.807) is 36.5 Å². The molecule has 0 saturated carbocycles. The normalized spacial score (nSPS) is 15.2. The van der Waals surface area contributed by atoms with Crippen molar-refractivity contribution in [3.63, 3.8) is 0 Å². The van der Waals surface area contributed by atoms with Gasteiger partial charge in [-0.1, -0.05) is 18.2 Å². The second-order valence-electron chi connectivity index (χ2n) is 9.86. The number of aromatic amines is 1. The molecular formula is C28H28F3N5O2. The summed E-state index contributed by atoms with van der Waals surface area (Å²) >= 11 is 0. The van der Waals surface area contributed by atoms with E-state index in [0.29, 0.717) is 34.4 Å². The molecule has 1 aliphatic heterocycles. The highest BCUT2D eigenvalue weighted by Crippen LogP contribution is 2.36. The minimum Gasteiger partial charge on any atom is -0.352 e. The Balaban J connectivity index is 1.32. The fourth-order valence-corrected chi connectivity index (χ4v) is 4.91. The summed E-state index contributed by atoms with van der Waals surface area (Å²) in [5, 5.41) is 9.50. The number of hydrogen-bond acceptors (Lipinski definition) is 4. The zero-order chi connectivity index (χ0) is 26.9. The van der Waals surface area contributed by atoms with E-state index in [4.69, 9.17) is 0 Å². The lowest BCUT2D eigenvalue weighted by atomic mass is 9.97. The van der Waals surface area contributed by atoms with Crippen molar-refractivity contribution in [3.8, 4) is 11.1 Å². The number of piperidine rings is 1. The number of aromatic nitrogens is 3. The summed E-state index contributed by atoms with van der Waals surface area (Å²) in [7, 11) is 2.10. The SMILES string of the molecule is CN1CCC(CNC(=O)c2cccc(Cn3ccc4cc(-c5cn[nH]c5C(F)(F)F)ccc4c3=O)c2)CC1. The number of carbonyl (C=O) groups is 1. The summed E-state index contributed by atoms with van der Waals surface area (Å²) in [5.74, 6) is 0.338. The van der Waals surface area contributed by atoms with Gasteiger partial charge in [0.25, 0.3) is 11.5 Å². The van der Waals surface area contributed by atoms with Crippen LogP contribution in [0.3, 0.4) is 0 Å². The van der Waals surface area contributed by atoms with E-state index in [-0.39, 0.29) is 23.6 Å². The van der Waals surface area contributed by atoms with Crippen LogP contribution in [0, 0.1) is 5.92 Å². The predicted octanol–water partition coefficient (Wildman–Crippen LogP) is 4.53. The Morgan fingerprint density at radius 2 is 1.92 bits per heavy atom. The molecule has 4 aromatic rings.